The number of aryl methyl sites for hydroxylation is 1. The molecule has 5 heteroatoms. The lowest BCUT2D eigenvalue weighted by molar-refractivity contribution is 0.102. The minimum absolute atomic E-state index is 0.201. The highest BCUT2D eigenvalue weighted by Crippen LogP contribution is 2.29. The molecule has 0 spiro atoms. The van der Waals surface area contributed by atoms with Gasteiger partial charge in [-0.05, 0) is 36.6 Å². The predicted molar refractivity (Wildman–Crippen MR) is 74.6 cm³/mol. The molecule has 0 atom stereocenters. The number of amides is 1. The van der Waals surface area contributed by atoms with Crippen LogP contribution in [-0.2, 0) is 6.42 Å². The highest BCUT2D eigenvalue weighted by Gasteiger charge is 2.19. The van der Waals surface area contributed by atoms with Gasteiger partial charge < -0.3 is 10.1 Å². The maximum atomic E-state index is 13.2. The van der Waals surface area contributed by atoms with Crippen molar-refractivity contribution in [2.45, 2.75) is 12.8 Å². The Labute approximate surface area is 120 Å². The maximum Gasteiger partial charge on any atom is 0.259 e. The number of carbonyl (C=O) groups excluding carboxylic acids is 1. The van der Waals surface area contributed by atoms with Crippen molar-refractivity contribution in [3.05, 3.63) is 59.2 Å². The van der Waals surface area contributed by atoms with Crippen LogP contribution in [0.2, 0.25) is 0 Å². The van der Waals surface area contributed by atoms with Crippen LogP contribution in [-0.4, -0.2) is 12.5 Å². The third kappa shape index (κ3) is 2.72. The van der Waals surface area contributed by atoms with Gasteiger partial charge in [0.1, 0.15) is 5.75 Å². The van der Waals surface area contributed by atoms with Crippen molar-refractivity contribution in [2.24, 2.45) is 0 Å². The van der Waals surface area contributed by atoms with Crippen LogP contribution in [0, 0.1) is 11.6 Å². The first-order valence-corrected chi connectivity index (χ1v) is 6.66. The monoisotopic (exact) mass is 289 g/mol. The number of anilines is 1. The van der Waals surface area contributed by atoms with Crippen molar-refractivity contribution < 1.29 is 18.3 Å². The summed E-state index contributed by atoms with van der Waals surface area (Å²) in [5.74, 6) is -1.78. The average molecular weight is 289 g/mol. The van der Waals surface area contributed by atoms with Crippen molar-refractivity contribution in [1.29, 1.82) is 0 Å². The van der Waals surface area contributed by atoms with Crippen LogP contribution >= 0.6 is 0 Å². The van der Waals surface area contributed by atoms with Crippen molar-refractivity contribution in [1.82, 2.24) is 0 Å². The normalized spacial score (nSPS) is 13.2. The molecule has 1 amide bonds. The highest BCUT2D eigenvalue weighted by molar-refractivity contribution is 6.06. The average Bonchev–Trinajstić information content (AvgIpc) is 2.50. The minimum atomic E-state index is -1.00. The van der Waals surface area contributed by atoms with E-state index in [1.54, 1.807) is 12.1 Å². The first-order valence-electron chi connectivity index (χ1n) is 6.66. The molecule has 1 heterocycles. The van der Waals surface area contributed by atoms with Crippen LogP contribution in [0.3, 0.4) is 0 Å². The lowest BCUT2D eigenvalue weighted by Gasteiger charge is -2.19. The van der Waals surface area contributed by atoms with Gasteiger partial charge in [-0.1, -0.05) is 12.1 Å². The minimum Gasteiger partial charge on any atom is -0.492 e. The van der Waals surface area contributed by atoms with E-state index in [2.05, 4.69) is 5.32 Å². The molecule has 3 nitrogen and oxygen atoms in total. The second-order valence-electron chi connectivity index (χ2n) is 4.83. The molecule has 2 aromatic carbocycles. The molecule has 1 aliphatic heterocycles. The predicted octanol–water partition coefficient (Wildman–Crippen LogP) is 3.54. The molecule has 1 N–H and O–H groups in total. The van der Waals surface area contributed by atoms with Gasteiger partial charge in [0.15, 0.2) is 11.6 Å². The van der Waals surface area contributed by atoms with Crippen LogP contribution in [0.15, 0.2) is 36.4 Å². The van der Waals surface area contributed by atoms with Crippen LogP contribution < -0.4 is 10.1 Å². The zero-order chi connectivity index (χ0) is 14.8. The molecule has 1 aliphatic rings. The van der Waals surface area contributed by atoms with Crippen molar-refractivity contribution >= 4 is 11.6 Å². The first kappa shape index (κ1) is 13.5. The molecule has 0 fully saturated rings. The quantitative estimate of drug-likeness (QED) is 0.918. The molecule has 0 aromatic heterocycles. The summed E-state index contributed by atoms with van der Waals surface area (Å²) in [7, 11) is 0. The molecule has 0 unspecified atom stereocenters. The summed E-state index contributed by atoms with van der Waals surface area (Å²) in [6.45, 7) is 0.572. The Bertz CT molecular complexity index is 701. The third-order valence-corrected chi connectivity index (χ3v) is 3.36. The van der Waals surface area contributed by atoms with Gasteiger partial charge in [0.05, 0.1) is 12.2 Å². The second-order valence-corrected chi connectivity index (χ2v) is 4.83. The topological polar surface area (TPSA) is 38.3 Å². The Morgan fingerprint density at radius 3 is 2.81 bits per heavy atom. The number of hydrogen-bond donors (Lipinski definition) is 1. The lowest BCUT2D eigenvalue weighted by Crippen LogP contribution is -2.17. The fraction of sp³-hybridized carbons (Fsp3) is 0.188. The molecular weight excluding hydrogens is 276 g/mol. The molecular formula is C16H13F2NO2. The van der Waals surface area contributed by atoms with Crippen molar-refractivity contribution in [3.8, 4) is 5.75 Å². The van der Waals surface area contributed by atoms with E-state index in [1.807, 2.05) is 6.07 Å². The smallest absolute Gasteiger partial charge is 0.259 e. The Hall–Kier alpha value is -2.43. The van der Waals surface area contributed by atoms with Gasteiger partial charge in [0, 0.05) is 11.8 Å². The van der Waals surface area contributed by atoms with E-state index < -0.39 is 17.5 Å². The van der Waals surface area contributed by atoms with E-state index in [1.165, 1.54) is 6.07 Å². The molecule has 21 heavy (non-hydrogen) atoms. The van der Waals surface area contributed by atoms with E-state index in [4.69, 9.17) is 4.74 Å². The fourth-order valence-electron chi connectivity index (χ4n) is 2.34. The van der Waals surface area contributed by atoms with Crippen LogP contribution in [0.25, 0.3) is 0 Å². The van der Waals surface area contributed by atoms with Crippen LogP contribution in [0.4, 0.5) is 14.5 Å². The largest absolute Gasteiger partial charge is 0.492 e. The number of para-hydroxylation sites is 1. The Morgan fingerprint density at radius 2 is 2.00 bits per heavy atom. The number of ether oxygens (including phenoxy) is 1. The van der Waals surface area contributed by atoms with Gasteiger partial charge in [-0.15, -0.1) is 0 Å². The molecule has 0 radical (unpaired) electrons. The Balaban J connectivity index is 1.87. The summed E-state index contributed by atoms with van der Waals surface area (Å²) >= 11 is 0. The van der Waals surface area contributed by atoms with E-state index in [-0.39, 0.29) is 5.69 Å². The summed E-state index contributed by atoms with van der Waals surface area (Å²) in [5, 5.41) is 2.55. The standard InChI is InChI=1S/C16H13F2NO2/c17-13-7-6-11(9-14(13)18)19-16(20)12-5-1-3-10-4-2-8-21-15(10)12/h1,3,5-7,9H,2,4,8H2,(H,19,20). The summed E-state index contributed by atoms with van der Waals surface area (Å²) in [5.41, 5.74) is 1.59. The molecule has 0 bridgehead atoms. The fourth-order valence-corrected chi connectivity index (χ4v) is 2.34. The number of nitrogens with one attached hydrogen (secondary N) is 1. The lowest BCUT2D eigenvalue weighted by atomic mass is 10.0. The number of hydrogen-bond acceptors (Lipinski definition) is 2. The SMILES string of the molecule is O=C(Nc1ccc(F)c(F)c1)c1cccc2c1OCCC2. The Kier molecular flexibility index (Phi) is 3.56. The van der Waals surface area contributed by atoms with E-state index in [0.717, 1.165) is 30.5 Å². The van der Waals surface area contributed by atoms with E-state index in [9.17, 15) is 13.6 Å². The molecule has 0 saturated heterocycles. The van der Waals surface area contributed by atoms with Crippen LogP contribution in [0.5, 0.6) is 5.75 Å². The third-order valence-electron chi connectivity index (χ3n) is 3.36. The van der Waals surface area contributed by atoms with Gasteiger partial charge >= 0.3 is 0 Å². The summed E-state index contributed by atoms with van der Waals surface area (Å²) in [6, 6.07) is 8.59. The molecule has 108 valence electrons. The molecule has 0 aliphatic carbocycles. The number of halogens is 2. The van der Waals surface area contributed by atoms with E-state index in [0.29, 0.717) is 17.9 Å². The van der Waals surface area contributed by atoms with Gasteiger partial charge in [-0.25, -0.2) is 8.78 Å². The summed E-state index contributed by atoms with van der Waals surface area (Å²) < 4.78 is 31.6. The maximum absolute atomic E-state index is 13.2. The van der Waals surface area contributed by atoms with Crippen molar-refractivity contribution in [2.75, 3.05) is 11.9 Å². The molecule has 2 aromatic rings. The number of carbonyl (C=O) groups is 1. The number of fused-ring (bicyclic) bond motifs is 1. The van der Waals surface area contributed by atoms with Crippen LogP contribution in [0.1, 0.15) is 22.3 Å². The van der Waals surface area contributed by atoms with Gasteiger partial charge in [-0.3, -0.25) is 4.79 Å². The summed E-state index contributed by atoms with van der Waals surface area (Å²) in [4.78, 5) is 12.3. The molecule has 0 saturated carbocycles. The zero-order valence-corrected chi connectivity index (χ0v) is 11.2. The van der Waals surface area contributed by atoms with Gasteiger partial charge in [0.25, 0.3) is 5.91 Å². The summed E-state index contributed by atoms with van der Waals surface area (Å²) in [6.07, 6.45) is 1.78. The van der Waals surface area contributed by atoms with Gasteiger partial charge in [0.2, 0.25) is 0 Å². The first-order chi connectivity index (χ1) is 10.1. The number of benzene rings is 2. The zero-order valence-electron chi connectivity index (χ0n) is 11.2. The second kappa shape index (κ2) is 5.52. The Morgan fingerprint density at radius 1 is 1.14 bits per heavy atom. The molecule has 3 rings (SSSR count). The highest BCUT2D eigenvalue weighted by atomic mass is 19.2. The van der Waals surface area contributed by atoms with Gasteiger partial charge in [-0.2, -0.15) is 0 Å². The van der Waals surface area contributed by atoms with E-state index >= 15 is 0 Å². The number of rotatable bonds is 2. The van der Waals surface area contributed by atoms with Crippen molar-refractivity contribution in [3.63, 3.8) is 0 Å².